The first-order valence-corrected chi connectivity index (χ1v) is 4.82. The van der Waals surface area contributed by atoms with Gasteiger partial charge in [0.1, 0.15) is 6.54 Å². The molecule has 0 saturated carbocycles. The maximum atomic E-state index is 11.5. The monoisotopic (exact) mass is 210 g/mol. The smallest absolute Gasteiger partial charge is 0.323 e. The van der Waals surface area contributed by atoms with Crippen LogP contribution in [0, 0.1) is 0 Å². The van der Waals surface area contributed by atoms with Crippen LogP contribution < -0.4 is 5.56 Å². The van der Waals surface area contributed by atoms with Gasteiger partial charge in [-0.3, -0.25) is 14.2 Å². The normalized spacial score (nSPS) is 12.4. The molecule has 0 unspecified atom stereocenters. The SMILES string of the molecule is CC[C@@H](C)c1cc(=O)n(CC(=O)O)cn1. The molecule has 1 aromatic heterocycles. The summed E-state index contributed by atoms with van der Waals surface area (Å²) < 4.78 is 1.08. The van der Waals surface area contributed by atoms with Crippen molar-refractivity contribution in [2.24, 2.45) is 0 Å². The molecule has 0 aromatic carbocycles. The fraction of sp³-hybridized carbons (Fsp3) is 0.500. The summed E-state index contributed by atoms with van der Waals surface area (Å²) in [5.41, 5.74) is 0.395. The van der Waals surface area contributed by atoms with E-state index in [0.29, 0.717) is 5.69 Å². The molecule has 1 aromatic rings. The molecule has 0 radical (unpaired) electrons. The van der Waals surface area contributed by atoms with Crippen molar-refractivity contribution in [1.82, 2.24) is 9.55 Å². The Balaban J connectivity index is 2.98. The molecule has 1 rings (SSSR count). The first kappa shape index (κ1) is 11.4. The van der Waals surface area contributed by atoms with Crippen molar-refractivity contribution >= 4 is 5.97 Å². The van der Waals surface area contributed by atoms with E-state index >= 15 is 0 Å². The highest BCUT2D eigenvalue weighted by atomic mass is 16.4. The van der Waals surface area contributed by atoms with E-state index in [1.54, 1.807) is 0 Å². The van der Waals surface area contributed by atoms with Crippen LogP contribution in [-0.2, 0) is 11.3 Å². The van der Waals surface area contributed by atoms with Crippen LogP contribution in [-0.4, -0.2) is 20.6 Å². The van der Waals surface area contributed by atoms with Gasteiger partial charge in [-0.2, -0.15) is 0 Å². The van der Waals surface area contributed by atoms with Gasteiger partial charge in [0.25, 0.3) is 5.56 Å². The number of hydrogen-bond acceptors (Lipinski definition) is 3. The fourth-order valence-electron chi connectivity index (χ4n) is 1.18. The van der Waals surface area contributed by atoms with Gasteiger partial charge >= 0.3 is 5.97 Å². The Morgan fingerprint density at radius 3 is 2.80 bits per heavy atom. The summed E-state index contributed by atoms with van der Waals surface area (Å²) in [5.74, 6) is -0.827. The molecule has 0 saturated heterocycles. The second-order valence-electron chi connectivity index (χ2n) is 3.48. The molecule has 0 spiro atoms. The maximum absolute atomic E-state index is 11.5. The number of aromatic nitrogens is 2. The molecular weight excluding hydrogens is 196 g/mol. The predicted octanol–water partition coefficient (Wildman–Crippen LogP) is 0.841. The predicted molar refractivity (Wildman–Crippen MR) is 54.8 cm³/mol. The molecule has 0 aliphatic rings. The molecule has 5 nitrogen and oxygen atoms in total. The Morgan fingerprint density at radius 1 is 1.67 bits per heavy atom. The Kier molecular flexibility index (Phi) is 3.60. The van der Waals surface area contributed by atoms with E-state index in [1.165, 1.54) is 12.4 Å². The minimum Gasteiger partial charge on any atom is -0.480 e. The summed E-state index contributed by atoms with van der Waals surface area (Å²) >= 11 is 0. The van der Waals surface area contributed by atoms with Crippen LogP contribution in [0.5, 0.6) is 0 Å². The molecule has 82 valence electrons. The third-order valence-corrected chi connectivity index (χ3v) is 2.32. The summed E-state index contributed by atoms with van der Waals surface area (Å²) in [4.78, 5) is 25.9. The van der Waals surface area contributed by atoms with E-state index in [1.807, 2.05) is 13.8 Å². The largest absolute Gasteiger partial charge is 0.480 e. The lowest BCUT2D eigenvalue weighted by Gasteiger charge is -2.08. The Morgan fingerprint density at radius 2 is 2.33 bits per heavy atom. The van der Waals surface area contributed by atoms with Gasteiger partial charge < -0.3 is 5.11 Å². The number of hydrogen-bond donors (Lipinski definition) is 1. The number of carbonyl (C=O) groups is 1. The zero-order valence-electron chi connectivity index (χ0n) is 8.80. The summed E-state index contributed by atoms with van der Waals surface area (Å²) in [7, 11) is 0. The van der Waals surface area contributed by atoms with Gasteiger partial charge in [-0.05, 0) is 12.3 Å². The van der Waals surface area contributed by atoms with Crippen LogP contribution in [0.2, 0.25) is 0 Å². The molecule has 15 heavy (non-hydrogen) atoms. The number of aliphatic carboxylic acids is 1. The first-order valence-electron chi connectivity index (χ1n) is 4.82. The zero-order chi connectivity index (χ0) is 11.4. The van der Waals surface area contributed by atoms with Gasteiger partial charge in [-0.15, -0.1) is 0 Å². The Labute approximate surface area is 87.4 Å². The highest BCUT2D eigenvalue weighted by Crippen LogP contribution is 2.13. The van der Waals surface area contributed by atoms with Gasteiger partial charge in [0.15, 0.2) is 0 Å². The van der Waals surface area contributed by atoms with Crippen LogP contribution in [0.3, 0.4) is 0 Å². The van der Waals surface area contributed by atoms with Gasteiger partial charge in [-0.25, -0.2) is 4.98 Å². The van der Waals surface area contributed by atoms with E-state index in [-0.39, 0.29) is 18.0 Å². The number of carboxylic acids is 1. The second-order valence-corrected chi connectivity index (χ2v) is 3.48. The van der Waals surface area contributed by atoms with E-state index in [0.717, 1.165) is 11.0 Å². The molecule has 5 heteroatoms. The summed E-state index contributed by atoms with van der Waals surface area (Å²) in [6, 6.07) is 1.40. The van der Waals surface area contributed by atoms with Crippen molar-refractivity contribution in [3.63, 3.8) is 0 Å². The van der Waals surface area contributed by atoms with Crippen molar-refractivity contribution in [3.05, 3.63) is 28.4 Å². The quantitative estimate of drug-likeness (QED) is 0.799. The number of carboxylic acid groups (broad SMARTS) is 1. The van der Waals surface area contributed by atoms with E-state index in [2.05, 4.69) is 4.98 Å². The van der Waals surface area contributed by atoms with Gasteiger partial charge in [-0.1, -0.05) is 13.8 Å². The van der Waals surface area contributed by atoms with Crippen molar-refractivity contribution in [1.29, 1.82) is 0 Å². The summed E-state index contributed by atoms with van der Waals surface area (Å²) in [6.07, 6.45) is 2.19. The third-order valence-electron chi connectivity index (χ3n) is 2.32. The Hall–Kier alpha value is -1.65. The van der Waals surface area contributed by atoms with E-state index in [4.69, 9.17) is 5.11 Å². The second kappa shape index (κ2) is 4.72. The van der Waals surface area contributed by atoms with E-state index in [9.17, 15) is 9.59 Å². The molecule has 0 fully saturated rings. The zero-order valence-corrected chi connectivity index (χ0v) is 8.80. The molecule has 0 amide bonds. The Bertz CT molecular complexity index is 411. The van der Waals surface area contributed by atoms with Gasteiger partial charge in [0.2, 0.25) is 0 Å². The van der Waals surface area contributed by atoms with Crippen LogP contribution in [0.4, 0.5) is 0 Å². The lowest BCUT2D eigenvalue weighted by atomic mass is 10.1. The third kappa shape index (κ3) is 2.90. The molecule has 1 heterocycles. The summed E-state index contributed by atoms with van der Waals surface area (Å²) in [6.45, 7) is 3.64. The van der Waals surface area contributed by atoms with Crippen LogP contribution in [0.15, 0.2) is 17.2 Å². The highest BCUT2D eigenvalue weighted by molar-refractivity contribution is 5.66. The number of rotatable bonds is 4. The van der Waals surface area contributed by atoms with Crippen LogP contribution in [0.1, 0.15) is 31.9 Å². The van der Waals surface area contributed by atoms with Crippen molar-refractivity contribution in [2.75, 3.05) is 0 Å². The lowest BCUT2D eigenvalue weighted by molar-refractivity contribution is -0.137. The standard InChI is InChI=1S/C10H14N2O3/c1-3-7(2)8-4-9(13)12(6-11-8)5-10(14)15/h4,6-7H,3,5H2,1-2H3,(H,14,15)/t7-/m1/s1. The molecule has 0 bridgehead atoms. The van der Waals surface area contributed by atoms with Gasteiger partial charge in [0.05, 0.1) is 12.0 Å². The number of nitrogens with zero attached hydrogens (tertiary/aromatic N) is 2. The molecule has 1 N–H and O–H groups in total. The minimum absolute atomic E-state index is 0.220. The minimum atomic E-state index is -1.05. The topological polar surface area (TPSA) is 72.2 Å². The molecule has 0 aliphatic heterocycles. The van der Waals surface area contributed by atoms with Crippen LogP contribution in [0.25, 0.3) is 0 Å². The molecular formula is C10H14N2O3. The maximum Gasteiger partial charge on any atom is 0.323 e. The van der Waals surface area contributed by atoms with E-state index < -0.39 is 5.97 Å². The molecule has 0 aliphatic carbocycles. The summed E-state index contributed by atoms with van der Waals surface area (Å²) in [5, 5.41) is 8.53. The average molecular weight is 210 g/mol. The lowest BCUT2D eigenvalue weighted by Crippen LogP contribution is -2.24. The van der Waals surface area contributed by atoms with Crippen molar-refractivity contribution < 1.29 is 9.90 Å². The van der Waals surface area contributed by atoms with Gasteiger partial charge in [0, 0.05) is 6.07 Å². The van der Waals surface area contributed by atoms with Crippen molar-refractivity contribution in [2.45, 2.75) is 32.7 Å². The first-order chi connectivity index (χ1) is 7.04. The highest BCUT2D eigenvalue weighted by Gasteiger charge is 2.07. The average Bonchev–Trinajstić information content (AvgIpc) is 2.19. The fourth-order valence-corrected chi connectivity index (χ4v) is 1.18. The van der Waals surface area contributed by atoms with Crippen LogP contribution >= 0.6 is 0 Å². The molecule has 1 atom stereocenters. The van der Waals surface area contributed by atoms with Crippen molar-refractivity contribution in [3.8, 4) is 0 Å².